The van der Waals surface area contributed by atoms with Crippen LogP contribution in [0.25, 0.3) is 0 Å². The molecule has 94 valence electrons. The van der Waals surface area contributed by atoms with Gasteiger partial charge in [0.15, 0.2) is 0 Å². The van der Waals surface area contributed by atoms with Gasteiger partial charge in [-0.05, 0) is 42.4 Å². The van der Waals surface area contributed by atoms with Crippen LogP contribution in [-0.4, -0.2) is 20.3 Å². The Labute approximate surface area is 108 Å². The second-order valence-electron chi connectivity index (χ2n) is 5.34. The van der Waals surface area contributed by atoms with Crippen LogP contribution in [0.4, 0.5) is 0 Å². The molecule has 4 rings (SSSR count). The highest BCUT2D eigenvalue weighted by Gasteiger charge is 2.44. The van der Waals surface area contributed by atoms with E-state index in [1.807, 2.05) is 0 Å². The molecule has 3 aliphatic rings. The van der Waals surface area contributed by atoms with E-state index >= 15 is 0 Å². The summed E-state index contributed by atoms with van der Waals surface area (Å²) in [6, 6.07) is 4.35. The molecule has 0 amide bonds. The molecule has 0 aromatic heterocycles. The van der Waals surface area contributed by atoms with Crippen molar-refractivity contribution < 1.29 is 14.0 Å². The van der Waals surface area contributed by atoms with Crippen LogP contribution in [0.5, 0.6) is 5.75 Å². The van der Waals surface area contributed by atoms with Crippen molar-refractivity contribution in [2.45, 2.75) is 38.2 Å². The molecule has 4 heteroatoms. The summed E-state index contributed by atoms with van der Waals surface area (Å²) in [5, 5.41) is 0. The molecule has 18 heavy (non-hydrogen) atoms. The van der Waals surface area contributed by atoms with Gasteiger partial charge in [-0.2, -0.15) is 0 Å². The van der Waals surface area contributed by atoms with Gasteiger partial charge in [0.1, 0.15) is 12.4 Å². The Morgan fingerprint density at radius 2 is 2.17 bits per heavy atom. The van der Waals surface area contributed by atoms with Gasteiger partial charge in [0.25, 0.3) is 0 Å². The maximum atomic E-state index is 6.06. The third-order valence-corrected chi connectivity index (χ3v) is 4.12. The van der Waals surface area contributed by atoms with Crippen molar-refractivity contribution in [1.82, 2.24) is 0 Å². The average Bonchev–Trinajstić information content (AvgIpc) is 3.18. The summed E-state index contributed by atoms with van der Waals surface area (Å²) >= 11 is 0. The summed E-state index contributed by atoms with van der Waals surface area (Å²) in [5.41, 5.74) is 4.00. The Kier molecular flexibility index (Phi) is 2.42. The number of hydrogen-bond acceptors (Lipinski definition) is 3. The predicted molar refractivity (Wildman–Crippen MR) is 69.4 cm³/mol. The van der Waals surface area contributed by atoms with E-state index in [9.17, 15) is 0 Å². The third-order valence-electron chi connectivity index (χ3n) is 4.12. The zero-order valence-corrected chi connectivity index (χ0v) is 10.6. The van der Waals surface area contributed by atoms with Crippen LogP contribution < -0.4 is 10.2 Å². The zero-order chi connectivity index (χ0) is 12.1. The van der Waals surface area contributed by atoms with Gasteiger partial charge in [0.2, 0.25) is 0 Å². The molecule has 1 aliphatic carbocycles. The largest absolute Gasteiger partial charge is 0.498 e. The van der Waals surface area contributed by atoms with Gasteiger partial charge in [0.05, 0.1) is 12.7 Å². The van der Waals surface area contributed by atoms with E-state index in [0.29, 0.717) is 13.2 Å². The summed E-state index contributed by atoms with van der Waals surface area (Å²) in [4.78, 5) is 0. The van der Waals surface area contributed by atoms with E-state index < -0.39 is 0 Å². The summed E-state index contributed by atoms with van der Waals surface area (Å²) in [5.74, 6) is 1.71. The molecular formula is C14H17BO3. The molecule has 2 aliphatic heterocycles. The molecule has 0 radical (unpaired) electrons. The molecular weight excluding hydrogens is 227 g/mol. The van der Waals surface area contributed by atoms with Crippen LogP contribution in [0.1, 0.15) is 49.3 Å². The summed E-state index contributed by atoms with van der Waals surface area (Å²) < 4.78 is 17.6. The van der Waals surface area contributed by atoms with Crippen LogP contribution in [-0.2, 0) is 9.31 Å². The first kappa shape index (κ1) is 10.9. The molecule has 0 spiro atoms. The Balaban J connectivity index is 1.90. The fraction of sp³-hybridized carbons (Fsp3) is 0.571. The molecule has 1 aromatic rings. The topological polar surface area (TPSA) is 27.7 Å². The van der Waals surface area contributed by atoms with E-state index in [4.69, 9.17) is 14.0 Å². The molecule has 0 N–H and O–H groups in total. The third kappa shape index (κ3) is 1.52. The van der Waals surface area contributed by atoms with Crippen LogP contribution >= 0.6 is 0 Å². The molecule has 1 aromatic carbocycles. The predicted octanol–water partition coefficient (Wildman–Crippen LogP) is 2.15. The number of hydrogen-bond donors (Lipinski definition) is 0. The van der Waals surface area contributed by atoms with Gasteiger partial charge in [0, 0.05) is 5.46 Å². The minimum absolute atomic E-state index is 0.183. The van der Waals surface area contributed by atoms with Crippen molar-refractivity contribution in [3.05, 3.63) is 23.3 Å². The summed E-state index contributed by atoms with van der Waals surface area (Å²) in [6.07, 6.45) is 3.81. The van der Waals surface area contributed by atoms with Crippen molar-refractivity contribution in [2.24, 2.45) is 0 Å². The molecule has 0 unspecified atom stereocenters. The van der Waals surface area contributed by atoms with Crippen molar-refractivity contribution in [1.29, 1.82) is 0 Å². The van der Waals surface area contributed by atoms with E-state index in [-0.39, 0.29) is 13.2 Å². The van der Waals surface area contributed by atoms with E-state index in [1.54, 1.807) is 0 Å². The standard InChI is InChI=1S/C14H17BO3/c1-2-11-13-10(9-3-4-9)5-6-12-14(13)15(18-11)17-8-7-16-12/h5-6,9,11H,2-4,7-8H2,1H3/t11-/m1/s1. The zero-order valence-electron chi connectivity index (χ0n) is 10.6. The smallest absolute Gasteiger partial charge is 0.492 e. The maximum absolute atomic E-state index is 6.06. The van der Waals surface area contributed by atoms with Crippen LogP contribution in [0.15, 0.2) is 12.1 Å². The van der Waals surface area contributed by atoms with E-state index in [2.05, 4.69) is 19.1 Å². The molecule has 3 nitrogen and oxygen atoms in total. The quantitative estimate of drug-likeness (QED) is 0.746. The molecule has 0 bridgehead atoms. The molecule has 1 atom stereocenters. The van der Waals surface area contributed by atoms with Crippen LogP contribution in [0, 0.1) is 0 Å². The molecule has 0 saturated heterocycles. The van der Waals surface area contributed by atoms with Gasteiger partial charge < -0.3 is 14.0 Å². The fourth-order valence-electron chi connectivity index (χ4n) is 3.13. The lowest BCUT2D eigenvalue weighted by Gasteiger charge is -2.16. The Morgan fingerprint density at radius 1 is 1.28 bits per heavy atom. The fourth-order valence-corrected chi connectivity index (χ4v) is 3.13. The van der Waals surface area contributed by atoms with Gasteiger partial charge in [-0.1, -0.05) is 13.0 Å². The van der Waals surface area contributed by atoms with Crippen molar-refractivity contribution in [2.75, 3.05) is 13.2 Å². The second kappa shape index (κ2) is 4.00. The number of benzene rings is 1. The number of rotatable bonds is 2. The first-order valence-electron chi connectivity index (χ1n) is 6.95. The first-order chi connectivity index (χ1) is 8.88. The van der Waals surface area contributed by atoms with Gasteiger partial charge in [-0.3, -0.25) is 0 Å². The number of ether oxygens (including phenoxy) is 1. The minimum atomic E-state index is -0.207. The minimum Gasteiger partial charge on any atom is -0.492 e. The second-order valence-corrected chi connectivity index (χ2v) is 5.34. The average molecular weight is 244 g/mol. The lowest BCUT2D eigenvalue weighted by atomic mass is 9.76. The summed E-state index contributed by atoms with van der Waals surface area (Å²) in [6.45, 7) is 3.40. The lowest BCUT2D eigenvalue weighted by molar-refractivity contribution is 0.141. The van der Waals surface area contributed by atoms with Gasteiger partial charge in [-0.15, -0.1) is 0 Å². The highest BCUT2D eigenvalue weighted by atomic mass is 16.6. The SMILES string of the molecule is CC[C@H]1OB2OCCOc3ccc(C4CC4)c1c32. The highest BCUT2D eigenvalue weighted by Crippen LogP contribution is 2.46. The van der Waals surface area contributed by atoms with Crippen molar-refractivity contribution >= 4 is 12.6 Å². The van der Waals surface area contributed by atoms with E-state index in [0.717, 1.165) is 18.1 Å². The van der Waals surface area contributed by atoms with Crippen molar-refractivity contribution in [3.63, 3.8) is 0 Å². The Bertz CT molecular complexity index is 484. The molecule has 1 fully saturated rings. The Morgan fingerprint density at radius 3 is 2.94 bits per heavy atom. The normalized spacial score (nSPS) is 25.6. The molecule has 1 saturated carbocycles. The molecule has 2 heterocycles. The van der Waals surface area contributed by atoms with Gasteiger partial charge in [-0.25, -0.2) is 0 Å². The van der Waals surface area contributed by atoms with Crippen LogP contribution in [0.2, 0.25) is 0 Å². The summed E-state index contributed by atoms with van der Waals surface area (Å²) in [7, 11) is -0.207. The van der Waals surface area contributed by atoms with Crippen LogP contribution in [0.3, 0.4) is 0 Å². The highest BCUT2D eigenvalue weighted by molar-refractivity contribution is 6.64. The first-order valence-corrected chi connectivity index (χ1v) is 6.95. The van der Waals surface area contributed by atoms with E-state index in [1.165, 1.54) is 29.4 Å². The Hall–Kier alpha value is -0.995. The maximum Gasteiger partial charge on any atom is 0.498 e. The van der Waals surface area contributed by atoms with Gasteiger partial charge >= 0.3 is 7.12 Å². The lowest BCUT2D eigenvalue weighted by Crippen LogP contribution is -2.31. The van der Waals surface area contributed by atoms with Crippen molar-refractivity contribution in [3.8, 4) is 5.75 Å². The monoisotopic (exact) mass is 244 g/mol.